The largest absolute Gasteiger partial charge is 0.387 e. The van der Waals surface area contributed by atoms with Crippen LogP contribution in [0.5, 0.6) is 0 Å². The van der Waals surface area contributed by atoms with Crippen LogP contribution in [-0.4, -0.2) is 49.5 Å². The SMILES string of the molecule is CO[C@@H]1O[C@@H]2CO[C@](C)(c3ccccc3)O[C@@H]2[C@H](N=[N+]=[N-])[C@H]1O. The van der Waals surface area contributed by atoms with Gasteiger partial charge >= 0.3 is 0 Å². The molecule has 0 amide bonds. The van der Waals surface area contributed by atoms with Gasteiger partial charge in [-0.15, -0.1) is 0 Å². The molecule has 3 rings (SSSR count). The minimum atomic E-state index is -1.12. The molecular weight excluding hydrogens is 302 g/mol. The highest BCUT2D eigenvalue weighted by Crippen LogP contribution is 2.39. The highest BCUT2D eigenvalue weighted by molar-refractivity contribution is 5.20. The minimum Gasteiger partial charge on any atom is -0.387 e. The molecule has 0 spiro atoms. The molecule has 6 atom stereocenters. The van der Waals surface area contributed by atoms with E-state index in [4.69, 9.17) is 24.5 Å². The van der Waals surface area contributed by atoms with E-state index in [0.29, 0.717) is 0 Å². The first-order valence-electron chi connectivity index (χ1n) is 7.37. The number of azide groups is 1. The average Bonchev–Trinajstić information content (AvgIpc) is 2.58. The third-order valence-corrected chi connectivity index (χ3v) is 4.24. The summed E-state index contributed by atoms with van der Waals surface area (Å²) in [4.78, 5) is 2.82. The van der Waals surface area contributed by atoms with Crippen molar-refractivity contribution in [2.24, 2.45) is 5.11 Å². The Labute approximate surface area is 133 Å². The number of aliphatic hydroxyl groups excluding tert-OH is 1. The normalized spacial score (nSPS) is 40.0. The van der Waals surface area contributed by atoms with Crippen LogP contribution in [0.15, 0.2) is 35.4 Å². The van der Waals surface area contributed by atoms with Crippen molar-refractivity contribution in [3.8, 4) is 0 Å². The van der Waals surface area contributed by atoms with E-state index >= 15 is 0 Å². The van der Waals surface area contributed by atoms with Crippen LogP contribution >= 0.6 is 0 Å². The molecule has 2 saturated heterocycles. The summed E-state index contributed by atoms with van der Waals surface area (Å²) < 4.78 is 22.7. The number of aliphatic hydroxyl groups is 1. The Morgan fingerprint density at radius 2 is 2.13 bits per heavy atom. The van der Waals surface area contributed by atoms with E-state index in [0.717, 1.165) is 5.56 Å². The number of hydrogen-bond acceptors (Lipinski definition) is 6. The summed E-state index contributed by atoms with van der Waals surface area (Å²) in [7, 11) is 1.42. The van der Waals surface area contributed by atoms with Gasteiger partial charge in [0.15, 0.2) is 12.1 Å². The molecule has 124 valence electrons. The Morgan fingerprint density at radius 3 is 2.78 bits per heavy atom. The molecule has 23 heavy (non-hydrogen) atoms. The molecule has 8 heteroatoms. The number of benzene rings is 1. The predicted octanol–water partition coefficient (Wildman–Crippen LogP) is 1.69. The van der Waals surface area contributed by atoms with Crippen molar-refractivity contribution < 1.29 is 24.1 Å². The molecule has 0 aromatic heterocycles. The Hall–Kier alpha value is -1.67. The summed E-state index contributed by atoms with van der Waals surface area (Å²) >= 11 is 0. The standard InChI is InChI=1S/C15H19N3O5/c1-15(9-6-4-3-5-7-9)21-8-10-13(23-15)11(17-18-16)12(19)14(20-2)22-10/h3-7,10-14,19H,8H2,1-2H3/t10-,11-,12-,13+,14-,15+/m1/s1. The van der Waals surface area contributed by atoms with Gasteiger partial charge in [-0.1, -0.05) is 35.4 Å². The van der Waals surface area contributed by atoms with Crippen LogP contribution in [-0.2, 0) is 24.7 Å². The first-order chi connectivity index (χ1) is 11.1. The van der Waals surface area contributed by atoms with Crippen molar-refractivity contribution in [3.05, 3.63) is 46.3 Å². The zero-order chi connectivity index (χ0) is 16.4. The average molecular weight is 321 g/mol. The van der Waals surface area contributed by atoms with Gasteiger partial charge in [0.1, 0.15) is 18.3 Å². The lowest BCUT2D eigenvalue weighted by atomic mass is 9.94. The van der Waals surface area contributed by atoms with Crippen molar-refractivity contribution >= 4 is 0 Å². The first kappa shape index (κ1) is 16.2. The minimum absolute atomic E-state index is 0.236. The van der Waals surface area contributed by atoms with Gasteiger partial charge < -0.3 is 24.1 Å². The number of rotatable bonds is 3. The Balaban J connectivity index is 1.89. The van der Waals surface area contributed by atoms with Crippen LogP contribution in [0.4, 0.5) is 0 Å². The van der Waals surface area contributed by atoms with Crippen molar-refractivity contribution in [2.75, 3.05) is 13.7 Å². The highest BCUT2D eigenvalue weighted by Gasteiger charge is 2.52. The van der Waals surface area contributed by atoms with Gasteiger partial charge in [-0.3, -0.25) is 0 Å². The van der Waals surface area contributed by atoms with E-state index in [9.17, 15) is 5.11 Å². The van der Waals surface area contributed by atoms with Crippen LogP contribution < -0.4 is 0 Å². The number of methoxy groups -OCH3 is 1. The molecule has 0 aliphatic carbocycles. The number of fused-ring (bicyclic) bond motifs is 1. The summed E-state index contributed by atoms with van der Waals surface area (Å²) in [5, 5.41) is 14.0. The van der Waals surface area contributed by atoms with Gasteiger partial charge in [0.25, 0.3) is 0 Å². The third kappa shape index (κ3) is 2.92. The molecule has 0 unspecified atom stereocenters. The summed E-state index contributed by atoms with van der Waals surface area (Å²) in [6.45, 7) is 2.03. The molecule has 0 saturated carbocycles. The molecule has 2 aliphatic rings. The Morgan fingerprint density at radius 1 is 1.39 bits per heavy atom. The van der Waals surface area contributed by atoms with Crippen LogP contribution in [0.1, 0.15) is 12.5 Å². The maximum absolute atomic E-state index is 10.3. The van der Waals surface area contributed by atoms with E-state index in [1.165, 1.54) is 7.11 Å². The smallest absolute Gasteiger partial charge is 0.192 e. The van der Waals surface area contributed by atoms with Gasteiger partial charge in [-0.25, -0.2) is 0 Å². The Bertz CT molecular complexity index is 594. The van der Waals surface area contributed by atoms with E-state index in [1.807, 2.05) is 30.3 Å². The van der Waals surface area contributed by atoms with Crippen molar-refractivity contribution in [1.82, 2.24) is 0 Å². The number of ether oxygens (including phenoxy) is 4. The lowest BCUT2D eigenvalue weighted by molar-refractivity contribution is -0.373. The Kier molecular flexibility index (Phi) is 4.54. The second-order valence-corrected chi connectivity index (χ2v) is 5.67. The molecular formula is C15H19N3O5. The highest BCUT2D eigenvalue weighted by atomic mass is 16.8. The van der Waals surface area contributed by atoms with Gasteiger partial charge in [0.05, 0.1) is 12.6 Å². The fourth-order valence-electron chi connectivity index (χ4n) is 3.00. The third-order valence-electron chi connectivity index (χ3n) is 4.24. The summed E-state index contributed by atoms with van der Waals surface area (Å²) in [6, 6.07) is 8.63. The fourth-order valence-corrected chi connectivity index (χ4v) is 3.00. The summed E-state index contributed by atoms with van der Waals surface area (Å²) in [5.74, 6) is -1.01. The topological polar surface area (TPSA) is 106 Å². The lowest BCUT2D eigenvalue weighted by Crippen LogP contribution is -2.63. The van der Waals surface area contributed by atoms with Gasteiger partial charge in [-0.05, 0) is 12.5 Å². The molecule has 2 heterocycles. The second-order valence-electron chi connectivity index (χ2n) is 5.67. The molecule has 2 aliphatic heterocycles. The van der Waals surface area contributed by atoms with Crippen LogP contribution in [0.2, 0.25) is 0 Å². The van der Waals surface area contributed by atoms with Crippen molar-refractivity contribution in [2.45, 2.75) is 43.4 Å². The van der Waals surface area contributed by atoms with E-state index in [2.05, 4.69) is 10.0 Å². The first-order valence-corrected chi connectivity index (χ1v) is 7.37. The van der Waals surface area contributed by atoms with Gasteiger partial charge in [0, 0.05) is 17.6 Å². The molecule has 8 nitrogen and oxygen atoms in total. The maximum atomic E-state index is 10.3. The lowest BCUT2D eigenvalue weighted by Gasteiger charge is -2.49. The second kappa shape index (κ2) is 6.45. The van der Waals surface area contributed by atoms with Crippen LogP contribution in [0, 0.1) is 0 Å². The summed E-state index contributed by atoms with van der Waals surface area (Å²) in [6.07, 6.45) is -3.13. The van der Waals surface area contributed by atoms with Gasteiger partial charge in [-0.2, -0.15) is 0 Å². The maximum Gasteiger partial charge on any atom is 0.192 e. The van der Waals surface area contributed by atoms with Crippen LogP contribution in [0.25, 0.3) is 10.4 Å². The molecule has 0 bridgehead atoms. The van der Waals surface area contributed by atoms with Gasteiger partial charge in [0.2, 0.25) is 0 Å². The molecule has 0 radical (unpaired) electrons. The fraction of sp³-hybridized carbons (Fsp3) is 0.600. The monoisotopic (exact) mass is 321 g/mol. The zero-order valence-corrected chi connectivity index (χ0v) is 12.9. The van der Waals surface area contributed by atoms with E-state index in [-0.39, 0.29) is 6.61 Å². The zero-order valence-electron chi connectivity index (χ0n) is 12.9. The predicted molar refractivity (Wildman–Crippen MR) is 79.2 cm³/mol. The molecule has 1 aromatic rings. The van der Waals surface area contributed by atoms with Crippen LogP contribution in [0.3, 0.4) is 0 Å². The number of nitrogens with zero attached hydrogens (tertiary/aromatic N) is 3. The summed E-state index contributed by atoms with van der Waals surface area (Å²) in [5.41, 5.74) is 9.65. The number of hydrogen-bond donors (Lipinski definition) is 1. The van der Waals surface area contributed by atoms with Crippen molar-refractivity contribution in [3.63, 3.8) is 0 Å². The molecule has 1 N–H and O–H groups in total. The van der Waals surface area contributed by atoms with E-state index < -0.39 is 36.4 Å². The van der Waals surface area contributed by atoms with Crippen molar-refractivity contribution in [1.29, 1.82) is 0 Å². The molecule has 1 aromatic carbocycles. The molecule has 2 fully saturated rings. The van der Waals surface area contributed by atoms with E-state index in [1.54, 1.807) is 6.92 Å². The quantitative estimate of drug-likeness (QED) is 0.518.